The van der Waals surface area contributed by atoms with Crippen LogP contribution in [0, 0.1) is 11.3 Å². The van der Waals surface area contributed by atoms with Crippen LogP contribution in [0.15, 0.2) is 48.7 Å². The molecule has 1 heterocycles. The molecule has 1 aromatic heterocycles. The minimum Gasteiger partial charge on any atom is -0.481 e. The van der Waals surface area contributed by atoms with Crippen LogP contribution in [-0.4, -0.2) is 22.6 Å². The van der Waals surface area contributed by atoms with Gasteiger partial charge in [-0.15, -0.1) is 0 Å². The zero-order chi connectivity index (χ0) is 14.4. The van der Waals surface area contributed by atoms with Gasteiger partial charge in [-0.25, -0.2) is 4.98 Å². The Balaban J connectivity index is 2.10. The fourth-order valence-corrected chi connectivity index (χ4v) is 1.84. The second-order valence-electron chi connectivity index (χ2n) is 4.22. The number of anilines is 1. The molecule has 0 aliphatic rings. The molecule has 5 nitrogen and oxygen atoms in total. The Morgan fingerprint density at radius 2 is 2.10 bits per heavy atom. The van der Waals surface area contributed by atoms with Gasteiger partial charge in [0.25, 0.3) is 0 Å². The number of aromatic nitrogens is 1. The number of hydrogen-bond donors (Lipinski definition) is 2. The third-order valence-corrected chi connectivity index (χ3v) is 2.88. The van der Waals surface area contributed by atoms with Crippen LogP contribution < -0.4 is 5.32 Å². The smallest absolute Gasteiger partial charge is 0.312 e. The number of nitrogens with zero attached hydrogens (tertiary/aromatic N) is 2. The van der Waals surface area contributed by atoms with Crippen LogP contribution in [0.1, 0.15) is 17.0 Å². The van der Waals surface area contributed by atoms with Gasteiger partial charge in [0.1, 0.15) is 5.82 Å². The number of aliphatic carboxylic acids is 1. The number of nitrogens with one attached hydrogen (secondary N) is 1. The highest BCUT2D eigenvalue weighted by Crippen LogP contribution is 2.17. The number of benzene rings is 1. The maximum absolute atomic E-state index is 11.3. The van der Waals surface area contributed by atoms with Crippen molar-refractivity contribution in [2.45, 2.75) is 5.92 Å². The van der Waals surface area contributed by atoms with Gasteiger partial charge in [-0.2, -0.15) is 5.26 Å². The van der Waals surface area contributed by atoms with Crippen molar-refractivity contribution in [3.63, 3.8) is 0 Å². The molecule has 2 aromatic rings. The molecule has 1 aromatic carbocycles. The summed E-state index contributed by atoms with van der Waals surface area (Å²) >= 11 is 0. The summed E-state index contributed by atoms with van der Waals surface area (Å²) in [6.07, 6.45) is 1.51. The minimum absolute atomic E-state index is 0.210. The summed E-state index contributed by atoms with van der Waals surface area (Å²) in [5.74, 6) is -1.07. The van der Waals surface area contributed by atoms with E-state index in [1.54, 1.807) is 36.4 Å². The summed E-state index contributed by atoms with van der Waals surface area (Å²) < 4.78 is 0. The van der Waals surface area contributed by atoms with E-state index < -0.39 is 11.9 Å². The van der Waals surface area contributed by atoms with E-state index in [9.17, 15) is 9.90 Å². The minimum atomic E-state index is -0.903. The van der Waals surface area contributed by atoms with Gasteiger partial charge in [0.05, 0.1) is 17.6 Å². The Labute approximate surface area is 116 Å². The lowest BCUT2D eigenvalue weighted by Crippen LogP contribution is -2.21. The molecule has 5 heteroatoms. The van der Waals surface area contributed by atoms with E-state index in [2.05, 4.69) is 10.3 Å². The lowest BCUT2D eigenvalue weighted by molar-refractivity contribution is -0.138. The van der Waals surface area contributed by atoms with Gasteiger partial charge in [0.15, 0.2) is 0 Å². The molecule has 0 spiro atoms. The fourth-order valence-electron chi connectivity index (χ4n) is 1.84. The fraction of sp³-hybridized carbons (Fsp3) is 0.133. The number of hydrogen-bond acceptors (Lipinski definition) is 4. The Hall–Kier alpha value is -2.87. The van der Waals surface area contributed by atoms with Crippen molar-refractivity contribution >= 4 is 11.8 Å². The summed E-state index contributed by atoms with van der Waals surface area (Å²) in [7, 11) is 0. The Bertz CT molecular complexity index is 635. The van der Waals surface area contributed by atoms with Gasteiger partial charge in [-0.3, -0.25) is 4.79 Å². The molecule has 0 bridgehead atoms. The van der Waals surface area contributed by atoms with E-state index in [4.69, 9.17) is 5.26 Å². The molecule has 100 valence electrons. The molecular weight excluding hydrogens is 254 g/mol. The molecule has 0 saturated heterocycles. The molecule has 0 radical (unpaired) electrons. The molecule has 1 unspecified atom stereocenters. The summed E-state index contributed by atoms with van der Waals surface area (Å²) in [6.45, 7) is 0.210. The number of carbonyl (C=O) groups is 1. The molecule has 0 amide bonds. The first-order chi connectivity index (χ1) is 9.70. The predicted octanol–water partition coefficient (Wildman–Crippen LogP) is 2.23. The van der Waals surface area contributed by atoms with Crippen LogP contribution in [-0.2, 0) is 4.79 Å². The Morgan fingerprint density at radius 3 is 2.75 bits per heavy atom. The van der Waals surface area contributed by atoms with Gasteiger partial charge in [0, 0.05) is 12.7 Å². The van der Waals surface area contributed by atoms with Crippen LogP contribution in [0.2, 0.25) is 0 Å². The van der Waals surface area contributed by atoms with Crippen molar-refractivity contribution in [2.24, 2.45) is 0 Å². The van der Waals surface area contributed by atoms with Crippen LogP contribution in [0.3, 0.4) is 0 Å². The second kappa shape index (κ2) is 6.34. The molecule has 0 aliphatic heterocycles. The van der Waals surface area contributed by atoms with Gasteiger partial charge >= 0.3 is 5.97 Å². The number of carboxylic acids is 1. The maximum atomic E-state index is 11.3. The third kappa shape index (κ3) is 3.33. The molecule has 1 atom stereocenters. The monoisotopic (exact) mass is 267 g/mol. The lowest BCUT2D eigenvalue weighted by atomic mass is 9.99. The molecule has 0 aliphatic carbocycles. The van der Waals surface area contributed by atoms with E-state index in [-0.39, 0.29) is 6.54 Å². The number of rotatable bonds is 5. The molecule has 2 rings (SSSR count). The van der Waals surface area contributed by atoms with Crippen molar-refractivity contribution in [1.29, 1.82) is 5.26 Å². The molecule has 0 fully saturated rings. The van der Waals surface area contributed by atoms with Crippen molar-refractivity contribution in [1.82, 2.24) is 4.98 Å². The summed E-state index contributed by atoms with van der Waals surface area (Å²) in [5.41, 5.74) is 1.21. The van der Waals surface area contributed by atoms with Crippen molar-refractivity contribution in [2.75, 3.05) is 11.9 Å². The average molecular weight is 267 g/mol. The van der Waals surface area contributed by atoms with Gasteiger partial charge in [-0.05, 0) is 17.7 Å². The van der Waals surface area contributed by atoms with E-state index in [0.717, 1.165) is 5.56 Å². The van der Waals surface area contributed by atoms with E-state index in [1.807, 2.05) is 12.1 Å². The highest BCUT2D eigenvalue weighted by atomic mass is 16.4. The van der Waals surface area contributed by atoms with Crippen molar-refractivity contribution in [3.8, 4) is 6.07 Å². The number of carboxylic acid groups (broad SMARTS) is 1. The van der Waals surface area contributed by atoms with Crippen LogP contribution in [0.4, 0.5) is 5.82 Å². The predicted molar refractivity (Wildman–Crippen MR) is 74.3 cm³/mol. The quantitative estimate of drug-likeness (QED) is 0.867. The average Bonchev–Trinajstić information content (AvgIpc) is 2.48. The number of nitriles is 1. The summed E-state index contributed by atoms with van der Waals surface area (Å²) in [6, 6.07) is 14.2. The molecular formula is C15H13N3O2. The topological polar surface area (TPSA) is 86.0 Å². The normalized spacial score (nSPS) is 11.3. The number of pyridine rings is 1. The molecule has 2 N–H and O–H groups in total. The third-order valence-electron chi connectivity index (χ3n) is 2.88. The zero-order valence-corrected chi connectivity index (χ0v) is 10.7. The Kier molecular flexibility index (Phi) is 4.30. The largest absolute Gasteiger partial charge is 0.481 e. The van der Waals surface area contributed by atoms with E-state index >= 15 is 0 Å². The SMILES string of the molecule is N#Cc1ccnc(NCC(C(=O)O)c2ccccc2)c1. The summed E-state index contributed by atoms with van der Waals surface area (Å²) in [4.78, 5) is 15.4. The first-order valence-corrected chi connectivity index (χ1v) is 6.08. The molecule has 0 saturated carbocycles. The maximum Gasteiger partial charge on any atom is 0.312 e. The van der Waals surface area contributed by atoms with Gasteiger partial charge < -0.3 is 10.4 Å². The van der Waals surface area contributed by atoms with Gasteiger partial charge in [-0.1, -0.05) is 30.3 Å². The van der Waals surface area contributed by atoms with Crippen LogP contribution in [0.25, 0.3) is 0 Å². The van der Waals surface area contributed by atoms with Gasteiger partial charge in [0.2, 0.25) is 0 Å². The summed E-state index contributed by atoms with van der Waals surface area (Å²) in [5, 5.41) is 21.1. The van der Waals surface area contributed by atoms with Crippen molar-refractivity contribution < 1.29 is 9.90 Å². The highest BCUT2D eigenvalue weighted by Gasteiger charge is 2.19. The molecule has 20 heavy (non-hydrogen) atoms. The second-order valence-corrected chi connectivity index (χ2v) is 4.22. The zero-order valence-electron chi connectivity index (χ0n) is 10.7. The Morgan fingerprint density at radius 1 is 1.35 bits per heavy atom. The first-order valence-electron chi connectivity index (χ1n) is 6.08. The highest BCUT2D eigenvalue weighted by molar-refractivity contribution is 5.76. The lowest BCUT2D eigenvalue weighted by Gasteiger charge is -2.14. The first kappa shape index (κ1) is 13.6. The van der Waals surface area contributed by atoms with Crippen LogP contribution >= 0.6 is 0 Å². The van der Waals surface area contributed by atoms with Crippen LogP contribution in [0.5, 0.6) is 0 Å². The standard InChI is InChI=1S/C15H13N3O2/c16-9-11-6-7-17-14(8-11)18-10-13(15(19)20)12-4-2-1-3-5-12/h1-8,13H,10H2,(H,17,18)(H,19,20). The van der Waals surface area contributed by atoms with E-state index in [0.29, 0.717) is 11.4 Å². The van der Waals surface area contributed by atoms with E-state index in [1.165, 1.54) is 6.20 Å². The van der Waals surface area contributed by atoms with Crippen molar-refractivity contribution in [3.05, 3.63) is 59.8 Å².